The zero-order valence-corrected chi connectivity index (χ0v) is 19.8. The molecule has 2 aromatic heterocycles. The molecular weight excluding hydrogens is 452 g/mol. The van der Waals surface area contributed by atoms with Gasteiger partial charge in [-0.25, -0.2) is 4.79 Å². The van der Waals surface area contributed by atoms with Crippen LogP contribution >= 0.6 is 11.6 Å². The van der Waals surface area contributed by atoms with Gasteiger partial charge in [0.1, 0.15) is 5.56 Å². The van der Waals surface area contributed by atoms with Crippen LogP contribution in [0.15, 0.2) is 60.8 Å². The Labute approximate surface area is 203 Å². The quantitative estimate of drug-likeness (QED) is 0.244. The third-order valence-corrected chi connectivity index (χ3v) is 5.40. The Kier molecular flexibility index (Phi) is 7.54. The number of rotatable bonds is 9. The van der Waals surface area contributed by atoms with Crippen LogP contribution in [-0.4, -0.2) is 40.7 Å². The minimum atomic E-state index is -0.444. The molecule has 0 saturated heterocycles. The Hall–Kier alpha value is -3.71. The van der Waals surface area contributed by atoms with Crippen molar-refractivity contribution in [1.29, 1.82) is 0 Å². The highest BCUT2D eigenvalue weighted by Crippen LogP contribution is 2.27. The molecule has 174 valence electrons. The van der Waals surface area contributed by atoms with Crippen LogP contribution < -0.4 is 10.1 Å². The molecule has 0 atom stereocenters. The van der Waals surface area contributed by atoms with Gasteiger partial charge in [-0.3, -0.25) is 4.98 Å². The molecule has 1 N–H and O–H groups in total. The lowest BCUT2D eigenvalue weighted by Gasteiger charge is -2.13. The zero-order valence-electron chi connectivity index (χ0n) is 19.0. The Balaban J connectivity index is 1.43. The van der Waals surface area contributed by atoms with E-state index in [-0.39, 0.29) is 12.6 Å². The van der Waals surface area contributed by atoms with E-state index < -0.39 is 5.97 Å². The molecule has 4 rings (SSSR count). The maximum absolute atomic E-state index is 12.6. The first-order valence-electron chi connectivity index (χ1n) is 11.1. The Bertz CT molecular complexity index is 1300. The standard InChI is InChI=1S/C26H25ClN4O3/c1-3-33-25(32)23-17(2)30-26(31-24(23)18-8-5-4-6-9-18)34-15-7-13-28-21-12-14-29-22-16-19(27)10-11-20(21)22/h4-6,8-12,14,16H,3,7,13,15H2,1-2H3,(H,28,29). The normalized spacial score (nSPS) is 10.8. The predicted molar refractivity (Wildman–Crippen MR) is 134 cm³/mol. The van der Waals surface area contributed by atoms with Gasteiger partial charge in [0.25, 0.3) is 0 Å². The molecule has 2 aromatic carbocycles. The van der Waals surface area contributed by atoms with E-state index in [4.69, 9.17) is 21.1 Å². The average molecular weight is 477 g/mol. The second-order valence-electron chi connectivity index (χ2n) is 7.55. The van der Waals surface area contributed by atoms with Crippen molar-refractivity contribution in [2.45, 2.75) is 20.3 Å². The summed E-state index contributed by atoms with van der Waals surface area (Å²) in [6.07, 6.45) is 2.48. The average Bonchev–Trinajstić information content (AvgIpc) is 2.84. The fourth-order valence-electron chi connectivity index (χ4n) is 3.60. The van der Waals surface area contributed by atoms with Crippen molar-refractivity contribution >= 4 is 34.2 Å². The number of pyridine rings is 1. The highest BCUT2D eigenvalue weighted by atomic mass is 35.5. The number of halogens is 1. The summed E-state index contributed by atoms with van der Waals surface area (Å²) in [6.45, 7) is 4.90. The van der Waals surface area contributed by atoms with Crippen LogP contribution in [0.25, 0.3) is 22.2 Å². The molecule has 2 heterocycles. The van der Waals surface area contributed by atoms with Gasteiger partial charge in [0.05, 0.1) is 30.1 Å². The first kappa shape index (κ1) is 23.4. The summed E-state index contributed by atoms with van der Waals surface area (Å²) in [6, 6.07) is 17.3. The van der Waals surface area contributed by atoms with Crippen molar-refractivity contribution in [3.05, 3.63) is 77.1 Å². The monoisotopic (exact) mass is 476 g/mol. The highest BCUT2D eigenvalue weighted by molar-refractivity contribution is 6.31. The van der Waals surface area contributed by atoms with Crippen LogP contribution in [0.1, 0.15) is 29.4 Å². The molecule has 0 aliphatic rings. The number of ether oxygens (including phenoxy) is 2. The van der Waals surface area contributed by atoms with Gasteiger partial charge >= 0.3 is 12.0 Å². The minimum Gasteiger partial charge on any atom is -0.463 e. The lowest BCUT2D eigenvalue weighted by Crippen LogP contribution is -2.14. The number of carbonyl (C=O) groups is 1. The molecule has 0 fully saturated rings. The number of benzene rings is 2. The molecule has 0 aliphatic heterocycles. The summed E-state index contributed by atoms with van der Waals surface area (Å²) in [5.74, 6) is -0.444. The second-order valence-corrected chi connectivity index (χ2v) is 7.99. The van der Waals surface area contributed by atoms with Crippen molar-refractivity contribution < 1.29 is 14.3 Å². The number of aromatic nitrogens is 3. The number of carbonyl (C=O) groups excluding carboxylic acids is 1. The predicted octanol–water partition coefficient (Wildman–Crippen LogP) is 5.71. The Morgan fingerprint density at radius 3 is 2.71 bits per heavy atom. The fraction of sp³-hybridized carbons (Fsp3) is 0.231. The summed E-state index contributed by atoms with van der Waals surface area (Å²) in [5.41, 5.74) is 3.99. The minimum absolute atomic E-state index is 0.230. The lowest BCUT2D eigenvalue weighted by atomic mass is 10.0. The molecule has 0 aliphatic carbocycles. The van der Waals surface area contributed by atoms with Crippen LogP contribution in [-0.2, 0) is 4.74 Å². The molecule has 0 spiro atoms. The summed E-state index contributed by atoms with van der Waals surface area (Å²) >= 11 is 6.06. The van der Waals surface area contributed by atoms with E-state index in [1.807, 2.05) is 54.6 Å². The van der Waals surface area contributed by atoms with E-state index in [0.29, 0.717) is 35.1 Å². The lowest BCUT2D eigenvalue weighted by molar-refractivity contribution is 0.0525. The van der Waals surface area contributed by atoms with Crippen LogP contribution in [0.5, 0.6) is 6.01 Å². The number of anilines is 1. The molecule has 0 unspecified atom stereocenters. The molecule has 7 nitrogen and oxygen atoms in total. The van der Waals surface area contributed by atoms with Crippen LogP contribution in [0.4, 0.5) is 5.69 Å². The molecular formula is C26H25ClN4O3. The van der Waals surface area contributed by atoms with Crippen molar-refractivity contribution in [3.63, 3.8) is 0 Å². The highest BCUT2D eigenvalue weighted by Gasteiger charge is 2.21. The van der Waals surface area contributed by atoms with E-state index >= 15 is 0 Å². The van der Waals surface area contributed by atoms with Crippen molar-refractivity contribution in [1.82, 2.24) is 15.0 Å². The summed E-state index contributed by atoms with van der Waals surface area (Å²) in [5, 5.41) is 5.08. The van der Waals surface area contributed by atoms with Crippen molar-refractivity contribution in [3.8, 4) is 17.3 Å². The molecule has 8 heteroatoms. The van der Waals surface area contributed by atoms with Gasteiger partial charge in [0, 0.05) is 34.4 Å². The van der Waals surface area contributed by atoms with E-state index in [0.717, 1.165) is 28.6 Å². The molecule has 0 bridgehead atoms. The van der Waals surface area contributed by atoms with Gasteiger partial charge < -0.3 is 14.8 Å². The number of fused-ring (bicyclic) bond motifs is 1. The number of nitrogens with one attached hydrogen (secondary N) is 1. The van der Waals surface area contributed by atoms with Gasteiger partial charge in [0.15, 0.2) is 0 Å². The number of hydrogen-bond donors (Lipinski definition) is 1. The van der Waals surface area contributed by atoms with Crippen molar-refractivity contribution in [2.75, 3.05) is 25.1 Å². The zero-order chi connectivity index (χ0) is 23.9. The molecule has 0 radical (unpaired) electrons. The third kappa shape index (κ3) is 5.43. The maximum Gasteiger partial charge on any atom is 0.342 e. The van der Waals surface area contributed by atoms with Gasteiger partial charge in [-0.1, -0.05) is 41.9 Å². The van der Waals surface area contributed by atoms with E-state index in [9.17, 15) is 4.79 Å². The van der Waals surface area contributed by atoms with E-state index in [1.165, 1.54) is 0 Å². The smallest absolute Gasteiger partial charge is 0.342 e. The Morgan fingerprint density at radius 2 is 1.91 bits per heavy atom. The second kappa shape index (κ2) is 10.9. The summed E-state index contributed by atoms with van der Waals surface area (Å²) in [4.78, 5) is 25.8. The van der Waals surface area contributed by atoms with E-state index in [2.05, 4.69) is 20.3 Å². The number of nitrogens with zero attached hydrogens (tertiary/aromatic N) is 3. The van der Waals surface area contributed by atoms with Crippen molar-refractivity contribution in [2.24, 2.45) is 0 Å². The van der Waals surface area contributed by atoms with E-state index in [1.54, 1.807) is 20.0 Å². The third-order valence-electron chi connectivity index (χ3n) is 5.17. The van der Waals surface area contributed by atoms with Gasteiger partial charge in [0.2, 0.25) is 0 Å². The first-order valence-corrected chi connectivity index (χ1v) is 11.5. The van der Waals surface area contributed by atoms with Crippen LogP contribution in [0.3, 0.4) is 0 Å². The fourth-order valence-corrected chi connectivity index (χ4v) is 3.76. The maximum atomic E-state index is 12.6. The number of aryl methyl sites for hydroxylation is 1. The number of esters is 1. The largest absolute Gasteiger partial charge is 0.463 e. The van der Waals surface area contributed by atoms with Crippen LogP contribution in [0.2, 0.25) is 5.02 Å². The molecule has 34 heavy (non-hydrogen) atoms. The van der Waals surface area contributed by atoms with Gasteiger partial charge in [-0.2, -0.15) is 9.97 Å². The number of hydrogen-bond acceptors (Lipinski definition) is 7. The SMILES string of the molecule is CCOC(=O)c1c(C)nc(OCCCNc2ccnc3cc(Cl)ccc23)nc1-c1ccccc1. The van der Waals surface area contributed by atoms with Gasteiger partial charge in [-0.05, 0) is 44.5 Å². The van der Waals surface area contributed by atoms with Crippen LogP contribution in [0, 0.1) is 6.92 Å². The summed E-state index contributed by atoms with van der Waals surface area (Å²) in [7, 11) is 0. The Morgan fingerprint density at radius 1 is 1.09 bits per heavy atom. The molecule has 0 amide bonds. The first-order chi connectivity index (χ1) is 16.6. The summed E-state index contributed by atoms with van der Waals surface area (Å²) < 4.78 is 11.1. The van der Waals surface area contributed by atoms with Gasteiger partial charge in [-0.15, -0.1) is 0 Å². The molecule has 4 aromatic rings. The topological polar surface area (TPSA) is 86.2 Å². The molecule has 0 saturated carbocycles.